The highest BCUT2D eigenvalue weighted by atomic mass is 32.2. The number of rotatable bonds is 6. The van der Waals surface area contributed by atoms with Crippen LogP contribution in [0.2, 0.25) is 0 Å². The molecule has 3 N–H and O–H groups in total. The monoisotopic (exact) mass is 311 g/mol. The summed E-state index contributed by atoms with van der Waals surface area (Å²) < 4.78 is 26.2. The maximum absolute atomic E-state index is 11.9. The Hall–Kier alpha value is -1.11. The minimum absolute atomic E-state index is 0.257. The van der Waals surface area contributed by atoms with E-state index in [4.69, 9.17) is 0 Å². The molecule has 0 bridgehead atoms. The summed E-state index contributed by atoms with van der Waals surface area (Å²) in [7, 11) is -3.36. The van der Waals surface area contributed by atoms with Crippen LogP contribution in [-0.4, -0.2) is 34.6 Å². The molecule has 1 aliphatic rings. The van der Waals surface area contributed by atoms with E-state index in [1.807, 2.05) is 12.1 Å². The van der Waals surface area contributed by atoms with Crippen molar-refractivity contribution in [2.45, 2.75) is 31.6 Å². The molecule has 0 radical (unpaired) electrons. The van der Waals surface area contributed by atoms with Crippen LogP contribution < -0.4 is 15.4 Å². The highest BCUT2D eigenvalue weighted by Gasteiger charge is 2.26. The molecule has 0 aromatic heterocycles. The maximum atomic E-state index is 11.9. The van der Waals surface area contributed by atoms with Crippen LogP contribution in [0, 0.1) is 5.41 Å². The van der Waals surface area contributed by atoms with Crippen molar-refractivity contribution in [3.05, 3.63) is 24.3 Å². The Kier molecular flexibility index (Phi) is 5.24. The molecule has 0 saturated carbocycles. The number of nitrogens with one attached hydrogen (secondary N) is 3. The lowest BCUT2D eigenvalue weighted by Gasteiger charge is -2.34. The van der Waals surface area contributed by atoms with E-state index in [-0.39, 0.29) is 5.41 Å². The second-order valence-electron chi connectivity index (χ2n) is 5.97. The molecule has 1 unspecified atom stereocenters. The Balaban J connectivity index is 1.96. The molecule has 1 heterocycles. The van der Waals surface area contributed by atoms with E-state index in [2.05, 4.69) is 22.3 Å². The van der Waals surface area contributed by atoms with Gasteiger partial charge < -0.3 is 10.6 Å². The fraction of sp³-hybridized carbons (Fsp3) is 0.600. The van der Waals surface area contributed by atoms with Gasteiger partial charge in [0.15, 0.2) is 0 Å². The number of sulfonamides is 1. The van der Waals surface area contributed by atoms with Crippen LogP contribution in [0.3, 0.4) is 0 Å². The van der Waals surface area contributed by atoms with Gasteiger partial charge in [0.25, 0.3) is 0 Å². The van der Waals surface area contributed by atoms with Crippen molar-refractivity contribution in [3.63, 3.8) is 0 Å². The normalized spacial score (nSPS) is 23.0. The minimum Gasteiger partial charge on any atom is -0.384 e. The molecule has 1 aromatic rings. The molecule has 5 nitrogen and oxygen atoms in total. The summed E-state index contributed by atoms with van der Waals surface area (Å²) in [5.74, 6) is 0. The fourth-order valence-electron chi connectivity index (χ4n) is 2.61. The standard InChI is InChI=1S/C15H25N3O2S/c1-3-18-21(19,20)14-7-5-13(6-8-14)17-12-15(2)9-4-10-16-11-15/h5-8,16-18H,3-4,9-12H2,1-2H3. The van der Waals surface area contributed by atoms with Crippen LogP contribution in [0.25, 0.3) is 0 Å². The molecule has 21 heavy (non-hydrogen) atoms. The van der Waals surface area contributed by atoms with Gasteiger partial charge in [-0.2, -0.15) is 0 Å². The molecule has 0 spiro atoms. The van der Waals surface area contributed by atoms with Crippen molar-refractivity contribution >= 4 is 15.7 Å². The third-order valence-electron chi connectivity index (χ3n) is 3.90. The third kappa shape index (κ3) is 4.43. The lowest BCUT2D eigenvalue weighted by Crippen LogP contribution is -2.42. The fourth-order valence-corrected chi connectivity index (χ4v) is 3.65. The molecule has 118 valence electrons. The average Bonchev–Trinajstić information content (AvgIpc) is 2.46. The van der Waals surface area contributed by atoms with Crippen LogP contribution in [0.1, 0.15) is 26.7 Å². The molecule has 0 amide bonds. The second kappa shape index (κ2) is 6.77. The van der Waals surface area contributed by atoms with Gasteiger partial charge in [0.05, 0.1) is 4.90 Å². The highest BCUT2D eigenvalue weighted by molar-refractivity contribution is 7.89. The average molecular weight is 311 g/mol. The van der Waals surface area contributed by atoms with Crippen LogP contribution in [0.15, 0.2) is 29.2 Å². The SMILES string of the molecule is CCNS(=O)(=O)c1ccc(NCC2(C)CCCNC2)cc1. The Morgan fingerprint density at radius 1 is 1.29 bits per heavy atom. The van der Waals surface area contributed by atoms with Crippen molar-refractivity contribution in [2.75, 3.05) is 31.5 Å². The summed E-state index contributed by atoms with van der Waals surface area (Å²) in [6, 6.07) is 6.93. The van der Waals surface area contributed by atoms with Crippen LogP contribution >= 0.6 is 0 Å². The van der Waals surface area contributed by atoms with E-state index in [9.17, 15) is 8.42 Å². The van der Waals surface area contributed by atoms with Gasteiger partial charge in [-0.1, -0.05) is 13.8 Å². The first kappa shape index (κ1) is 16.3. The summed E-state index contributed by atoms with van der Waals surface area (Å²) in [5.41, 5.74) is 1.21. The maximum Gasteiger partial charge on any atom is 0.240 e. The van der Waals surface area contributed by atoms with Crippen molar-refractivity contribution in [1.29, 1.82) is 0 Å². The van der Waals surface area contributed by atoms with Gasteiger partial charge >= 0.3 is 0 Å². The quantitative estimate of drug-likeness (QED) is 0.749. The van der Waals surface area contributed by atoms with Crippen molar-refractivity contribution in [1.82, 2.24) is 10.0 Å². The van der Waals surface area contributed by atoms with Crippen molar-refractivity contribution in [2.24, 2.45) is 5.41 Å². The van der Waals surface area contributed by atoms with Gasteiger partial charge in [0, 0.05) is 25.3 Å². The van der Waals surface area contributed by atoms with Gasteiger partial charge in [-0.25, -0.2) is 13.1 Å². The third-order valence-corrected chi connectivity index (χ3v) is 5.47. The number of hydrogen-bond acceptors (Lipinski definition) is 4. The Morgan fingerprint density at radius 2 is 2.00 bits per heavy atom. The Morgan fingerprint density at radius 3 is 2.57 bits per heavy atom. The first-order valence-corrected chi connectivity index (χ1v) is 8.98. The molecule has 1 saturated heterocycles. The summed E-state index contributed by atoms with van der Waals surface area (Å²) in [5, 5.41) is 6.84. The highest BCUT2D eigenvalue weighted by Crippen LogP contribution is 2.26. The number of benzene rings is 1. The number of piperidine rings is 1. The van der Waals surface area contributed by atoms with E-state index in [1.165, 1.54) is 12.8 Å². The smallest absolute Gasteiger partial charge is 0.240 e. The minimum atomic E-state index is -3.36. The summed E-state index contributed by atoms with van der Waals surface area (Å²) in [6.07, 6.45) is 2.41. The van der Waals surface area contributed by atoms with Gasteiger partial charge in [-0.05, 0) is 49.1 Å². The van der Waals surface area contributed by atoms with E-state index in [1.54, 1.807) is 19.1 Å². The van der Waals surface area contributed by atoms with Crippen LogP contribution in [-0.2, 0) is 10.0 Å². The molecular formula is C15H25N3O2S. The molecule has 2 rings (SSSR count). The molecule has 1 aromatic carbocycles. The molecule has 1 atom stereocenters. The molecule has 0 aliphatic carbocycles. The molecule has 1 aliphatic heterocycles. The zero-order valence-corrected chi connectivity index (χ0v) is 13.6. The van der Waals surface area contributed by atoms with Crippen molar-refractivity contribution < 1.29 is 8.42 Å². The van der Waals surface area contributed by atoms with Gasteiger partial charge in [-0.15, -0.1) is 0 Å². The zero-order valence-electron chi connectivity index (χ0n) is 12.8. The van der Waals surface area contributed by atoms with Crippen LogP contribution in [0.4, 0.5) is 5.69 Å². The topological polar surface area (TPSA) is 70.2 Å². The number of hydrogen-bond donors (Lipinski definition) is 3. The molecule has 6 heteroatoms. The summed E-state index contributed by atoms with van der Waals surface area (Å²) >= 11 is 0. The summed E-state index contributed by atoms with van der Waals surface area (Å²) in [4.78, 5) is 0.306. The lowest BCUT2D eigenvalue weighted by molar-refractivity contribution is 0.253. The van der Waals surface area contributed by atoms with Gasteiger partial charge in [-0.3, -0.25) is 0 Å². The van der Waals surface area contributed by atoms with E-state index < -0.39 is 10.0 Å². The number of anilines is 1. The van der Waals surface area contributed by atoms with E-state index in [0.29, 0.717) is 11.4 Å². The Labute approximate surface area is 127 Å². The second-order valence-corrected chi connectivity index (χ2v) is 7.74. The lowest BCUT2D eigenvalue weighted by atomic mass is 9.83. The predicted molar refractivity (Wildman–Crippen MR) is 86.0 cm³/mol. The first-order valence-electron chi connectivity index (χ1n) is 7.49. The van der Waals surface area contributed by atoms with Gasteiger partial charge in [0.2, 0.25) is 10.0 Å². The van der Waals surface area contributed by atoms with E-state index >= 15 is 0 Å². The van der Waals surface area contributed by atoms with Crippen LogP contribution in [0.5, 0.6) is 0 Å². The van der Waals surface area contributed by atoms with Gasteiger partial charge in [0.1, 0.15) is 0 Å². The Bertz CT molecular complexity index is 549. The summed E-state index contributed by atoms with van der Waals surface area (Å²) in [6.45, 7) is 7.45. The van der Waals surface area contributed by atoms with Crippen molar-refractivity contribution in [3.8, 4) is 0 Å². The first-order chi connectivity index (χ1) is 9.95. The molecular weight excluding hydrogens is 286 g/mol. The largest absolute Gasteiger partial charge is 0.384 e. The van der Waals surface area contributed by atoms with E-state index in [0.717, 1.165) is 25.3 Å². The molecule has 1 fully saturated rings. The predicted octanol–water partition coefficient (Wildman–Crippen LogP) is 1.79. The zero-order chi connectivity index (χ0) is 15.3.